The van der Waals surface area contributed by atoms with Crippen LogP contribution in [0, 0.1) is 13.8 Å². The number of rotatable bonds is 4. The Morgan fingerprint density at radius 3 is 2.45 bits per heavy atom. The lowest BCUT2D eigenvalue weighted by molar-refractivity contribution is -0.113. The van der Waals surface area contributed by atoms with E-state index in [9.17, 15) is 4.79 Å². The average Bonchev–Trinajstić information content (AvgIpc) is 3.33. The van der Waals surface area contributed by atoms with Gasteiger partial charge in [-0.15, -0.1) is 0 Å². The summed E-state index contributed by atoms with van der Waals surface area (Å²) in [5.74, 6) is 0.655. The normalized spacial score (nSPS) is 17.2. The van der Waals surface area contributed by atoms with Crippen LogP contribution in [0.2, 0.25) is 0 Å². The van der Waals surface area contributed by atoms with Crippen molar-refractivity contribution >= 4 is 40.3 Å². The zero-order valence-corrected chi connectivity index (χ0v) is 17.0. The maximum Gasteiger partial charge on any atom is 0.271 e. The largest absolute Gasteiger partial charge is 0.465 e. The molecule has 1 fully saturated rings. The molecule has 3 aromatic rings. The fourth-order valence-corrected chi connectivity index (χ4v) is 3.94. The third-order valence-electron chi connectivity index (χ3n) is 4.55. The highest BCUT2D eigenvalue weighted by atomic mass is 32.2. The maximum absolute atomic E-state index is 13.2. The molecule has 0 bridgehead atoms. The van der Waals surface area contributed by atoms with E-state index in [0.717, 1.165) is 28.3 Å². The Labute approximate surface area is 174 Å². The summed E-state index contributed by atoms with van der Waals surface area (Å²) < 4.78 is 5.30. The molecule has 4 rings (SSSR count). The summed E-state index contributed by atoms with van der Waals surface area (Å²) in [4.78, 5) is 20.4. The Morgan fingerprint density at radius 2 is 1.72 bits per heavy atom. The Kier molecular flexibility index (Phi) is 5.49. The first-order chi connectivity index (χ1) is 14.1. The molecule has 4 nitrogen and oxygen atoms in total. The number of thioether (sulfide) groups is 1. The quantitative estimate of drug-likeness (QED) is 0.486. The summed E-state index contributed by atoms with van der Waals surface area (Å²) in [5.41, 5.74) is 3.78. The van der Waals surface area contributed by atoms with Gasteiger partial charge in [-0.05, 0) is 73.2 Å². The molecule has 5 heteroatoms. The van der Waals surface area contributed by atoms with Crippen LogP contribution in [0.25, 0.3) is 6.08 Å². The maximum atomic E-state index is 13.2. The van der Waals surface area contributed by atoms with Crippen LogP contribution in [0.15, 0.2) is 93.4 Å². The molecule has 0 aliphatic carbocycles. The van der Waals surface area contributed by atoms with Crippen molar-refractivity contribution in [3.63, 3.8) is 0 Å². The van der Waals surface area contributed by atoms with Gasteiger partial charge in [-0.3, -0.25) is 9.69 Å². The van der Waals surface area contributed by atoms with E-state index >= 15 is 0 Å². The molecule has 0 N–H and O–H groups in total. The van der Waals surface area contributed by atoms with E-state index in [1.807, 2.05) is 86.7 Å². The minimum Gasteiger partial charge on any atom is -0.465 e. The molecule has 1 aliphatic heterocycles. The van der Waals surface area contributed by atoms with Crippen LogP contribution >= 0.6 is 11.8 Å². The third kappa shape index (κ3) is 4.10. The van der Waals surface area contributed by atoms with Gasteiger partial charge in [0.1, 0.15) is 5.76 Å². The molecule has 0 unspecified atom stereocenters. The molecular formula is C24H20N2O2S. The monoisotopic (exact) mass is 400 g/mol. The summed E-state index contributed by atoms with van der Waals surface area (Å²) in [6.45, 7) is 4.01. The molecule has 0 spiro atoms. The summed E-state index contributed by atoms with van der Waals surface area (Å²) in [5, 5.41) is 0.649. The van der Waals surface area contributed by atoms with Crippen LogP contribution in [0.4, 0.5) is 11.4 Å². The second kappa shape index (κ2) is 8.37. The van der Waals surface area contributed by atoms with E-state index < -0.39 is 0 Å². The summed E-state index contributed by atoms with van der Waals surface area (Å²) in [7, 11) is 0. The molecule has 2 aromatic carbocycles. The molecule has 1 amide bonds. The first-order valence-electron chi connectivity index (χ1n) is 9.27. The first kappa shape index (κ1) is 19.0. The Balaban J connectivity index is 1.74. The van der Waals surface area contributed by atoms with E-state index in [2.05, 4.69) is 0 Å². The number of allylic oxidation sites excluding steroid dienone is 2. The number of aryl methyl sites for hydroxylation is 2. The lowest BCUT2D eigenvalue weighted by Crippen LogP contribution is -2.29. The predicted molar refractivity (Wildman–Crippen MR) is 120 cm³/mol. The van der Waals surface area contributed by atoms with E-state index in [-0.39, 0.29) is 5.91 Å². The van der Waals surface area contributed by atoms with Crippen molar-refractivity contribution < 1.29 is 9.21 Å². The van der Waals surface area contributed by atoms with Gasteiger partial charge in [0.2, 0.25) is 0 Å². The Hall–Kier alpha value is -3.31. The van der Waals surface area contributed by atoms with Crippen molar-refractivity contribution in [3.05, 3.63) is 101 Å². The van der Waals surface area contributed by atoms with Crippen molar-refractivity contribution in [2.24, 2.45) is 4.99 Å². The molecule has 0 radical (unpaired) electrons. The average molecular weight is 401 g/mol. The van der Waals surface area contributed by atoms with E-state index in [0.29, 0.717) is 10.1 Å². The second-order valence-corrected chi connectivity index (χ2v) is 7.62. The zero-order valence-electron chi connectivity index (χ0n) is 16.2. The number of hydrogen-bond acceptors (Lipinski definition) is 4. The zero-order chi connectivity index (χ0) is 20.2. The van der Waals surface area contributed by atoms with E-state index in [1.165, 1.54) is 11.8 Å². The lowest BCUT2D eigenvalue weighted by atomic mass is 10.2. The highest BCUT2D eigenvalue weighted by Crippen LogP contribution is 2.37. The van der Waals surface area contributed by atoms with Crippen LogP contribution in [-0.2, 0) is 4.79 Å². The van der Waals surface area contributed by atoms with Gasteiger partial charge in [0.25, 0.3) is 5.91 Å². The molecule has 144 valence electrons. The first-order valence-corrected chi connectivity index (χ1v) is 10.1. The van der Waals surface area contributed by atoms with Crippen LogP contribution in [0.1, 0.15) is 16.9 Å². The van der Waals surface area contributed by atoms with Crippen LogP contribution in [0.3, 0.4) is 0 Å². The van der Waals surface area contributed by atoms with Gasteiger partial charge in [-0.1, -0.05) is 42.5 Å². The molecule has 1 saturated heterocycles. The summed E-state index contributed by atoms with van der Waals surface area (Å²) in [6, 6.07) is 19.4. The Morgan fingerprint density at radius 1 is 0.966 bits per heavy atom. The van der Waals surface area contributed by atoms with Gasteiger partial charge >= 0.3 is 0 Å². The van der Waals surface area contributed by atoms with Crippen molar-refractivity contribution in [1.82, 2.24) is 0 Å². The number of aliphatic imine (C=N–C) groups is 1. The number of carbonyl (C=O) groups excluding carboxylic acids is 1. The molecule has 1 aromatic heterocycles. The third-order valence-corrected chi connectivity index (χ3v) is 5.53. The lowest BCUT2D eigenvalue weighted by Gasteiger charge is -2.18. The van der Waals surface area contributed by atoms with Gasteiger partial charge in [-0.2, -0.15) is 0 Å². The molecule has 29 heavy (non-hydrogen) atoms. The Bertz CT molecular complexity index is 1130. The van der Waals surface area contributed by atoms with Crippen molar-refractivity contribution in [2.45, 2.75) is 13.8 Å². The fourth-order valence-electron chi connectivity index (χ4n) is 3.00. The highest BCUT2D eigenvalue weighted by molar-refractivity contribution is 8.19. The van der Waals surface area contributed by atoms with Crippen molar-refractivity contribution in [1.29, 1.82) is 0 Å². The van der Waals surface area contributed by atoms with Crippen LogP contribution in [0.5, 0.6) is 0 Å². The van der Waals surface area contributed by atoms with Gasteiger partial charge in [0.05, 0.1) is 22.5 Å². The standard InChI is InChI=1S/C24H20N2O2S/c1-17-9-3-5-13-20(17)25-24-26(21-14-6-4-10-18(21)2)23(27)22(29-24)15-7-11-19-12-8-16-28-19/h3-16H,1-2H3. The molecule has 0 saturated carbocycles. The number of anilines is 1. The molecular weight excluding hydrogens is 380 g/mol. The summed E-state index contributed by atoms with van der Waals surface area (Å²) >= 11 is 1.38. The smallest absolute Gasteiger partial charge is 0.271 e. The molecule has 2 heterocycles. The van der Waals surface area contributed by atoms with Gasteiger partial charge in [-0.25, -0.2) is 4.99 Å². The number of benzene rings is 2. The molecule has 1 aliphatic rings. The number of amidine groups is 1. The molecule has 0 atom stereocenters. The fraction of sp³-hybridized carbons (Fsp3) is 0.0833. The minimum absolute atomic E-state index is 0.0827. The van der Waals surface area contributed by atoms with Crippen molar-refractivity contribution in [3.8, 4) is 0 Å². The number of furan rings is 1. The minimum atomic E-state index is -0.0827. The topological polar surface area (TPSA) is 45.8 Å². The number of hydrogen-bond donors (Lipinski definition) is 0. The number of nitrogens with zero attached hydrogens (tertiary/aromatic N) is 2. The summed E-state index contributed by atoms with van der Waals surface area (Å²) in [6.07, 6.45) is 7.08. The van der Waals surface area contributed by atoms with Crippen molar-refractivity contribution in [2.75, 3.05) is 4.90 Å². The van der Waals surface area contributed by atoms with Gasteiger partial charge < -0.3 is 4.42 Å². The van der Waals surface area contributed by atoms with E-state index in [4.69, 9.17) is 9.41 Å². The number of amides is 1. The highest BCUT2D eigenvalue weighted by Gasteiger charge is 2.35. The van der Waals surface area contributed by atoms with Crippen LogP contribution in [-0.4, -0.2) is 11.1 Å². The number of carbonyl (C=O) groups is 1. The van der Waals surface area contributed by atoms with Gasteiger partial charge in [0, 0.05) is 0 Å². The SMILES string of the molecule is Cc1ccccc1N=C1SC(=CC=Cc2ccco2)C(=O)N1c1ccccc1C. The second-order valence-electron chi connectivity index (χ2n) is 6.62. The predicted octanol–water partition coefficient (Wildman–Crippen LogP) is 6.26. The van der Waals surface area contributed by atoms with E-state index in [1.54, 1.807) is 17.2 Å². The van der Waals surface area contributed by atoms with Gasteiger partial charge in [0.15, 0.2) is 5.17 Å². The van der Waals surface area contributed by atoms with Crippen LogP contribution < -0.4 is 4.90 Å². The number of para-hydroxylation sites is 2.